The number of aryl methyl sites for hydroxylation is 1. The Labute approximate surface area is 158 Å². The summed E-state index contributed by atoms with van der Waals surface area (Å²) in [6.45, 7) is 2.50. The van der Waals surface area contributed by atoms with Crippen LogP contribution in [0.4, 0.5) is 5.69 Å². The second-order valence-corrected chi connectivity index (χ2v) is 6.29. The number of benzene rings is 2. The van der Waals surface area contributed by atoms with Gasteiger partial charge in [-0.05, 0) is 30.7 Å². The van der Waals surface area contributed by atoms with Gasteiger partial charge in [-0.1, -0.05) is 36.4 Å². The number of nitrogens with one attached hydrogen (secondary N) is 2. The van der Waals surface area contributed by atoms with E-state index in [0.717, 1.165) is 5.56 Å². The summed E-state index contributed by atoms with van der Waals surface area (Å²) < 4.78 is 1.84. The fourth-order valence-corrected chi connectivity index (χ4v) is 2.72. The molecule has 0 aliphatic heterocycles. The Hall–Kier alpha value is -3.41. The molecule has 3 rings (SSSR count). The topological polar surface area (TPSA) is 76.0 Å². The van der Waals surface area contributed by atoms with Crippen LogP contribution in [0.2, 0.25) is 0 Å². The van der Waals surface area contributed by atoms with Crippen molar-refractivity contribution in [3.05, 3.63) is 84.4 Å². The van der Waals surface area contributed by atoms with Crippen LogP contribution in [0.15, 0.2) is 73.3 Å². The molecular weight excluding hydrogens is 340 g/mol. The quantitative estimate of drug-likeness (QED) is 0.676. The van der Waals surface area contributed by atoms with Crippen LogP contribution in [-0.2, 0) is 11.3 Å². The minimum Gasteiger partial charge on any atom is -0.346 e. The third-order valence-corrected chi connectivity index (χ3v) is 4.21. The van der Waals surface area contributed by atoms with Crippen LogP contribution in [0.5, 0.6) is 0 Å². The first-order valence-corrected chi connectivity index (χ1v) is 8.83. The lowest BCUT2D eigenvalue weighted by Crippen LogP contribution is -2.26. The molecule has 2 N–H and O–H groups in total. The first-order valence-electron chi connectivity index (χ1n) is 8.83. The van der Waals surface area contributed by atoms with Gasteiger partial charge in [0.15, 0.2) is 0 Å². The lowest BCUT2D eigenvalue weighted by atomic mass is 10.1. The Bertz CT molecular complexity index is 892. The fraction of sp³-hybridized carbons (Fsp3) is 0.190. The summed E-state index contributed by atoms with van der Waals surface area (Å²) in [5.74, 6) is -0.292. The lowest BCUT2D eigenvalue weighted by Gasteiger charge is -2.15. The second-order valence-electron chi connectivity index (χ2n) is 6.29. The molecule has 0 bridgehead atoms. The zero-order valence-corrected chi connectivity index (χ0v) is 15.1. The number of aromatic nitrogens is 2. The second kappa shape index (κ2) is 8.80. The largest absolute Gasteiger partial charge is 0.346 e. The Kier molecular flexibility index (Phi) is 5.99. The van der Waals surface area contributed by atoms with Crippen LogP contribution in [0.3, 0.4) is 0 Å². The first kappa shape index (κ1) is 18.4. The van der Waals surface area contributed by atoms with Crippen molar-refractivity contribution in [1.82, 2.24) is 14.9 Å². The number of hydrogen-bond donors (Lipinski definition) is 2. The summed E-state index contributed by atoms with van der Waals surface area (Å²) in [5.41, 5.74) is 2.14. The molecular formula is C21H22N4O2. The highest BCUT2D eigenvalue weighted by atomic mass is 16.2. The Balaban J connectivity index is 1.57. The molecule has 1 heterocycles. The number of carbonyl (C=O) groups excluding carboxylic acids is 2. The van der Waals surface area contributed by atoms with Crippen molar-refractivity contribution in [2.24, 2.45) is 0 Å². The molecule has 0 saturated heterocycles. The maximum absolute atomic E-state index is 12.5. The molecule has 0 aliphatic carbocycles. The van der Waals surface area contributed by atoms with Crippen molar-refractivity contribution in [2.75, 3.05) is 5.32 Å². The zero-order chi connectivity index (χ0) is 19.1. The summed E-state index contributed by atoms with van der Waals surface area (Å²) >= 11 is 0. The van der Waals surface area contributed by atoms with Gasteiger partial charge in [-0.3, -0.25) is 9.59 Å². The molecule has 2 aromatic carbocycles. The zero-order valence-electron chi connectivity index (χ0n) is 15.1. The normalized spacial score (nSPS) is 11.6. The maximum Gasteiger partial charge on any atom is 0.251 e. The lowest BCUT2D eigenvalue weighted by molar-refractivity contribution is -0.116. The molecule has 6 heteroatoms. The van der Waals surface area contributed by atoms with Crippen LogP contribution in [-0.4, -0.2) is 21.4 Å². The summed E-state index contributed by atoms with van der Waals surface area (Å²) in [4.78, 5) is 28.6. The van der Waals surface area contributed by atoms with Gasteiger partial charge in [0.2, 0.25) is 5.91 Å². The van der Waals surface area contributed by atoms with E-state index in [4.69, 9.17) is 0 Å². The minimum atomic E-state index is -0.180. The van der Waals surface area contributed by atoms with E-state index in [9.17, 15) is 9.59 Å². The van der Waals surface area contributed by atoms with Crippen molar-refractivity contribution in [3.63, 3.8) is 0 Å². The van der Waals surface area contributed by atoms with E-state index in [1.54, 1.807) is 36.8 Å². The summed E-state index contributed by atoms with van der Waals surface area (Å²) in [6, 6.07) is 16.6. The van der Waals surface area contributed by atoms with E-state index in [-0.39, 0.29) is 17.9 Å². The summed E-state index contributed by atoms with van der Waals surface area (Å²) in [6.07, 6.45) is 5.49. The minimum absolute atomic E-state index is 0.105. The molecule has 0 radical (unpaired) electrons. The van der Waals surface area contributed by atoms with Gasteiger partial charge in [-0.25, -0.2) is 4.98 Å². The number of imidazole rings is 1. The van der Waals surface area contributed by atoms with E-state index in [1.807, 2.05) is 48.0 Å². The number of anilines is 1. The van der Waals surface area contributed by atoms with Gasteiger partial charge in [0.1, 0.15) is 0 Å². The average molecular weight is 362 g/mol. The standard InChI is InChI=1S/C21H22N4O2/c1-16(17-6-3-2-4-7-17)23-21(27)18-8-5-9-19(14-18)24-20(26)10-12-25-13-11-22-15-25/h2-9,11,13-16H,10,12H2,1H3,(H,23,27)(H,24,26)/t16-/m1/s1. The molecule has 0 saturated carbocycles. The number of hydrogen-bond acceptors (Lipinski definition) is 3. The van der Waals surface area contributed by atoms with E-state index in [0.29, 0.717) is 24.2 Å². The van der Waals surface area contributed by atoms with Gasteiger partial charge >= 0.3 is 0 Å². The number of rotatable bonds is 7. The van der Waals surface area contributed by atoms with Gasteiger partial charge in [0, 0.05) is 36.6 Å². The predicted octanol–water partition coefficient (Wildman–Crippen LogP) is 3.40. The molecule has 3 aromatic rings. The molecule has 6 nitrogen and oxygen atoms in total. The SMILES string of the molecule is C[C@@H](NC(=O)c1cccc(NC(=O)CCn2ccnc2)c1)c1ccccc1. The van der Waals surface area contributed by atoms with Gasteiger partial charge in [0.25, 0.3) is 5.91 Å². The van der Waals surface area contributed by atoms with Crippen molar-refractivity contribution < 1.29 is 9.59 Å². The van der Waals surface area contributed by atoms with E-state index in [1.165, 1.54) is 0 Å². The highest BCUT2D eigenvalue weighted by molar-refractivity contribution is 5.97. The van der Waals surface area contributed by atoms with Gasteiger partial charge in [0.05, 0.1) is 12.4 Å². The van der Waals surface area contributed by atoms with Crippen molar-refractivity contribution in [1.29, 1.82) is 0 Å². The van der Waals surface area contributed by atoms with Crippen LogP contribution in [0.25, 0.3) is 0 Å². The molecule has 27 heavy (non-hydrogen) atoms. The molecule has 138 valence electrons. The van der Waals surface area contributed by atoms with E-state index in [2.05, 4.69) is 15.6 Å². The highest BCUT2D eigenvalue weighted by Gasteiger charge is 2.12. The van der Waals surface area contributed by atoms with Gasteiger partial charge < -0.3 is 15.2 Å². The molecule has 1 aromatic heterocycles. The van der Waals surface area contributed by atoms with Gasteiger partial charge in [-0.2, -0.15) is 0 Å². The number of amides is 2. The van der Waals surface area contributed by atoms with Crippen LogP contribution in [0, 0.1) is 0 Å². The number of carbonyl (C=O) groups is 2. The predicted molar refractivity (Wildman–Crippen MR) is 104 cm³/mol. The third kappa shape index (κ3) is 5.28. The molecule has 0 aliphatic rings. The smallest absolute Gasteiger partial charge is 0.251 e. The Morgan fingerprint density at radius 3 is 2.67 bits per heavy atom. The summed E-state index contributed by atoms with van der Waals surface area (Å²) in [5, 5.41) is 5.81. The maximum atomic E-state index is 12.5. The van der Waals surface area contributed by atoms with Crippen LogP contribution in [0.1, 0.15) is 35.3 Å². The third-order valence-electron chi connectivity index (χ3n) is 4.21. The van der Waals surface area contributed by atoms with Gasteiger partial charge in [-0.15, -0.1) is 0 Å². The molecule has 0 spiro atoms. The first-order chi connectivity index (χ1) is 13.1. The van der Waals surface area contributed by atoms with Crippen molar-refractivity contribution >= 4 is 17.5 Å². The van der Waals surface area contributed by atoms with E-state index < -0.39 is 0 Å². The Morgan fingerprint density at radius 2 is 1.93 bits per heavy atom. The molecule has 1 atom stereocenters. The van der Waals surface area contributed by atoms with Crippen molar-refractivity contribution in [3.8, 4) is 0 Å². The molecule has 0 fully saturated rings. The molecule has 0 unspecified atom stereocenters. The highest BCUT2D eigenvalue weighted by Crippen LogP contribution is 2.15. The van der Waals surface area contributed by atoms with Crippen molar-refractivity contribution in [2.45, 2.75) is 25.9 Å². The number of nitrogens with zero attached hydrogens (tertiary/aromatic N) is 2. The van der Waals surface area contributed by atoms with Crippen LogP contribution < -0.4 is 10.6 Å². The monoisotopic (exact) mass is 362 g/mol. The van der Waals surface area contributed by atoms with Crippen LogP contribution >= 0.6 is 0 Å². The Morgan fingerprint density at radius 1 is 1.11 bits per heavy atom. The molecule has 2 amide bonds. The fourth-order valence-electron chi connectivity index (χ4n) is 2.72. The summed E-state index contributed by atoms with van der Waals surface area (Å²) in [7, 11) is 0. The average Bonchev–Trinajstić information content (AvgIpc) is 3.21. The van der Waals surface area contributed by atoms with E-state index >= 15 is 0 Å².